The van der Waals surface area contributed by atoms with Crippen LogP contribution >= 0.6 is 12.4 Å². The molecule has 0 bridgehead atoms. The fourth-order valence-electron chi connectivity index (χ4n) is 3.03. The molecule has 1 aromatic rings. The van der Waals surface area contributed by atoms with Gasteiger partial charge in [0.05, 0.1) is 6.61 Å². The van der Waals surface area contributed by atoms with Gasteiger partial charge in [0.1, 0.15) is 5.75 Å². The molecule has 3 nitrogen and oxygen atoms in total. The third-order valence-electron chi connectivity index (χ3n) is 4.07. The van der Waals surface area contributed by atoms with Gasteiger partial charge in [0, 0.05) is 25.6 Å². The molecule has 19 heavy (non-hydrogen) atoms. The molecule has 1 N–H and O–H groups in total. The summed E-state index contributed by atoms with van der Waals surface area (Å²) in [5.74, 6) is 1.09. The molecule has 0 saturated carbocycles. The van der Waals surface area contributed by atoms with Crippen LogP contribution in [-0.4, -0.2) is 37.7 Å². The number of piperidine rings is 1. The lowest BCUT2D eigenvalue weighted by molar-refractivity contribution is 0.188. The van der Waals surface area contributed by atoms with Crippen molar-refractivity contribution in [3.05, 3.63) is 29.3 Å². The van der Waals surface area contributed by atoms with Gasteiger partial charge in [-0.2, -0.15) is 0 Å². The first-order chi connectivity index (χ1) is 8.85. The van der Waals surface area contributed by atoms with E-state index in [0.717, 1.165) is 25.3 Å². The molecular weight excluding hydrogens is 260 g/mol. The van der Waals surface area contributed by atoms with Crippen molar-refractivity contribution in [1.82, 2.24) is 10.2 Å². The number of rotatable bonds is 3. The number of halogens is 1. The Hall–Kier alpha value is -0.770. The quantitative estimate of drug-likeness (QED) is 0.920. The molecule has 4 heteroatoms. The van der Waals surface area contributed by atoms with E-state index in [2.05, 4.69) is 35.5 Å². The summed E-state index contributed by atoms with van der Waals surface area (Å²) in [5.41, 5.74) is 2.81. The van der Waals surface area contributed by atoms with Crippen LogP contribution < -0.4 is 10.1 Å². The van der Waals surface area contributed by atoms with Gasteiger partial charge in [0.15, 0.2) is 0 Å². The largest absolute Gasteiger partial charge is 0.493 e. The molecule has 1 unspecified atom stereocenters. The van der Waals surface area contributed by atoms with Gasteiger partial charge < -0.3 is 10.1 Å². The number of hydrogen-bond acceptors (Lipinski definition) is 3. The average Bonchev–Trinajstić information content (AvgIpc) is 2.86. The van der Waals surface area contributed by atoms with Gasteiger partial charge in [-0.05, 0) is 43.6 Å². The lowest BCUT2D eigenvalue weighted by atomic mass is 10.0. The highest BCUT2D eigenvalue weighted by molar-refractivity contribution is 5.85. The van der Waals surface area contributed by atoms with Crippen molar-refractivity contribution >= 4 is 12.4 Å². The molecule has 3 rings (SSSR count). The second kappa shape index (κ2) is 6.60. The van der Waals surface area contributed by atoms with Crippen LogP contribution in [0.5, 0.6) is 5.75 Å². The Morgan fingerprint density at radius 2 is 2.32 bits per heavy atom. The molecule has 2 heterocycles. The van der Waals surface area contributed by atoms with E-state index in [1.165, 1.54) is 37.1 Å². The summed E-state index contributed by atoms with van der Waals surface area (Å²) in [6.45, 7) is 4.33. The Morgan fingerprint density at radius 1 is 1.42 bits per heavy atom. The molecule has 0 aromatic heterocycles. The summed E-state index contributed by atoms with van der Waals surface area (Å²) >= 11 is 0. The van der Waals surface area contributed by atoms with Crippen LogP contribution in [0.1, 0.15) is 24.0 Å². The second-order valence-electron chi connectivity index (χ2n) is 5.40. The van der Waals surface area contributed by atoms with E-state index in [1.807, 2.05) is 0 Å². The highest BCUT2D eigenvalue weighted by Crippen LogP contribution is 2.26. The molecule has 1 aromatic carbocycles. The zero-order valence-corrected chi connectivity index (χ0v) is 12.3. The van der Waals surface area contributed by atoms with Gasteiger partial charge in [0.2, 0.25) is 0 Å². The van der Waals surface area contributed by atoms with Crippen LogP contribution in [0.4, 0.5) is 0 Å². The minimum Gasteiger partial charge on any atom is -0.493 e. The summed E-state index contributed by atoms with van der Waals surface area (Å²) < 4.78 is 5.55. The highest BCUT2D eigenvalue weighted by Gasteiger charge is 2.19. The van der Waals surface area contributed by atoms with Gasteiger partial charge in [-0.15, -0.1) is 12.4 Å². The highest BCUT2D eigenvalue weighted by atomic mass is 35.5. The van der Waals surface area contributed by atoms with Crippen molar-refractivity contribution < 1.29 is 4.74 Å². The maximum absolute atomic E-state index is 5.55. The van der Waals surface area contributed by atoms with E-state index < -0.39 is 0 Å². The number of fused-ring (bicyclic) bond motifs is 1. The summed E-state index contributed by atoms with van der Waals surface area (Å²) in [6.07, 6.45) is 3.69. The zero-order valence-electron chi connectivity index (χ0n) is 11.5. The van der Waals surface area contributed by atoms with E-state index in [0.29, 0.717) is 6.04 Å². The van der Waals surface area contributed by atoms with Gasteiger partial charge >= 0.3 is 0 Å². The topological polar surface area (TPSA) is 24.5 Å². The first-order valence-electron chi connectivity index (χ1n) is 6.99. The van der Waals surface area contributed by atoms with E-state index in [9.17, 15) is 0 Å². The molecule has 0 aliphatic carbocycles. The minimum absolute atomic E-state index is 0. The smallest absolute Gasteiger partial charge is 0.122 e. The number of nitrogens with zero attached hydrogens (tertiary/aromatic N) is 1. The van der Waals surface area contributed by atoms with Crippen LogP contribution in [-0.2, 0) is 13.0 Å². The number of likely N-dealkylation sites (N-methyl/N-ethyl adjacent to an activating group) is 1. The molecule has 0 spiro atoms. The summed E-state index contributed by atoms with van der Waals surface area (Å²) in [4.78, 5) is 2.56. The maximum Gasteiger partial charge on any atom is 0.122 e. The van der Waals surface area contributed by atoms with Crippen molar-refractivity contribution in [1.29, 1.82) is 0 Å². The summed E-state index contributed by atoms with van der Waals surface area (Å²) in [7, 11) is 2.07. The predicted octanol–water partition coefficient (Wildman–Crippen LogP) is 2.23. The van der Waals surface area contributed by atoms with Crippen LogP contribution in [0, 0.1) is 0 Å². The molecule has 1 fully saturated rings. The summed E-state index contributed by atoms with van der Waals surface area (Å²) in [5, 5.41) is 3.40. The molecule has 2 aliphatic rings. The average molecular weight is 283 g/mol. The van der Waals surface area contributed by atoms with E-state index in [-0.39, 0.29) is 12.4 Å². The summed E-state index contributed by atoms with van der Waals surface area (Å²) in [6, 6.07) is 7.34. The molecule has 0 amide bonds. The zero-order chi connectivity index (χ0) is 12.4. The van der Waals surface area contributed by atoms with Crippen molar-refractivity contribution in [2.24, 2.45) is 0 Å². The Labute approximate surface area is 121 Å². The number of benzene rings is 1. The molecule has 1 saturated heterocycles. The van der Waals surface area contributed by atoms with Gasteiger partial charge in [0.25, 0.3) is 0 Å². The van der Waals surface area contributed by atoms with Gasteiger partial charge in [-0.1, -0.05) is 12.1 Å². The van der Waals surface area contributed by atoms with Crippen LogP contribution in [0.2, 0.25) is 0 Å². The molecule has 106 valence electrons. The van der Waals surface area contributed by atoms with E-state index in [1.54, 1.807) is 0 Å². The monoisotopic (exact) mass is 282 g/mol. The Kier molecular flexibility index (Phi) is 5.08. The third kappa shape index (κ3) is 3.41. The molecule has 0 radical (unpaired) electrons. The Balaban J connectivity index is 0.00000133. The Bertz CT molecular complexity index is 425. The van der Waals surface area contributed by atoms with Gasteiger partial charge in [-0.25, -0.2) is 0 Å². The van der Waals surface area contributed by atoms with Crippen molar-refractivity contribution in [3.63, 3.8) is 0 Å². The van der Waals surface area contributed by atoms with Crippen LogP contribution in [0.25, 0.3) is 0 Å². The first kappa shape index (κ1) is 14.6. The van der Waals surface area contributed by atoms with E-state index in [4.69, 9.17) is 4.74 Å². The van der Waals surface area contributed by atoms with Gasteiger partial charge in [-0.3, -0.25) is 4.90 Å². The second-order valence-corrected chi connectivity index (χ2v) is 5.40. The number of hydrogen-bond donors (Lipinski definition) is 1. The lowest BCUT2D eigenvalue weighted by Gasteiger charge is -2.32. The normalized spacial score (nSPS) is 22.5. The molecule has 1 atom stereocenters. The van der Waals surface area contributed by atoms with Crippen LogP contribution in [0.3, 0.4) is 0 Å². The minimum atomic E-state index is 0. The lowest BCUT2D eigenvalue weighted by Crippen LogP contribution is -2.43. The Morgan fingerprint density at radius 3 is 3.16 bits per heavy atom. The fourth-order valence-corrected chi connectivity index (χ4v) is 3.03. The fraction of sp³-hybridized carbons (Fsp3) is 0.600. The van der Waals surface area contributed by atoms with Crippen molar-refractivity contribution in [2.45, 2.75) is 31.8 Å². The maximum atomic E-state index is 5.55. The SMILES string of the molecule is CNC1CCCN(Cc2ccc3c(c2)CCO3)C1.Cl. The first-order valence-corrected chi connectivity index (χ1v) is 6.99. The number of nitrogens with one attached hydrogen (secondary N) is 1. The van der Waals surface area contributed by atoms with Crippen molar-refractivity contribution in [3.8, 4) is 5.75 Å². The molecular formula is C15H23ClN2O. The number of likely N-dealkylation sites (tertiary alicyclic amines) is 1. The van der Waals surface area contributed by atoms with Crippen LogP contribution in [0.15, 0.2) is 18.2 Å². The van der Waals surface area contributed by atoms with E-state index >= 15 is 0 Å². The number of ether oxygens (including phenoxy) is 1. The van der Waals surface area contributed by atoms with Crippen molar-refractivity contribution in [2.75, 3.05) is 26.7 Å². The third-order valence-corrected chi connectivity index (χ3v) is 4.07. The predicted molar refractivity (Wildman–Crippen MR) is 80.2 cm³/mol. The standard InChI is InChI=1S/C15H22N2O.ClH/c1-16-14-3-2-7-17(11-14)10-12-4-5-15-13(9-12)6-8-18-15;/h4-5,9,14,16H,2-3,6-8,10-11H2,1H3;1H. The molecule has 2 aliphatic heterocycles.